The molecular formula is C37H31ClN2O5S. The summed E-state index contributed by atoms with van der Waals surface area (Å²) in [5.74, 6) is 0.644. The van der Waals surface area contributed by atoms with Crippen LogP contribution in [-0.4, -0.2) is 23.8 Å². The number of ether oxygens (including phenoxy) is 3. The molecule has 0 bridgehead atoms. The van der Waals surface area contributed by atoms with E-state index in [9.17, 15) is 9.59 Å². The summed E-state index contributed by atoms with van der Waals surface area (Å²) >= 11 is 7.29. The number of hydrogen-bond donors (Lipinski definition) is 0. The second kappa shape index (κ2) is 14.0. The molecule has 5 aromatic rings. The van der Waals surface area contributed by atoms with Crippen LogP contribution in [0.3, 0.4) is 0 Å². The highest BCUT2D eigenvalue weighted by molar-refractivity contribution is 7.07. The number of rotatable bonds is 10. The molecule has 1 aliphatic rings. The summed E-state index contributed by atoms with van der Waals surface area (Å²) in [5.41, 5.74) is 3.83. The maximum absolute atomic E-state index is 14.2. The van der Waals surface area contributed by atoms with Crippen LogP contribution in [0.25, 0.3) is 11.8 Å². The van der Waals surface area contributed by atoms with Crippen LogP contribution >= 0.6 is 22.9 Å². The Hall–Kier alpha value is -4.92. The third-order valence-electron chi connectivity index (χ3n) is 7.36. The molecule has 0 saturated heterocycles. The van der Waals surface area contributed by atoms with Crippen LogP contribution in [0.4, 0.5) is 0 Å². The zero-order valence-corrected chi connectivity index (χ0v) is 26.9. The number of carbonyl (C=O) groups excluding carboxylic acids is 1. The molecule has 4 aromatic carbocycles. The Bertz CT molecular complexity index is 2070. The summed E-state index contributed by atoms with van der Waals surface area (Å²) in [7, 11) is 0. The number of esters is 1. The Kier molecular flexibility index (Phi) is 9.47. The zero-order chi connectivity index (χ0) is 32.0. The van der Waals surface area contributed by atoms with Crippen LogP contribution in [0.15, 0.2) is 118 Å². The predicted molar refractivity (Wildman–Crippen MR) is 181 cm³/mol. The molecule has 7 nitrogen and oxygen atoms in total. The van der Waals surface area contributed by atoms with Crippen molar-refractivity contribution in [2.24, 2.45) is 4.99 Å². The Labute approximate surface area is 275 Å². The lowest BCUT2D eigenvalue weighted by atomic mass is 9.93. The second-order valence-corrected chi connectivity index (χ2v) is 11.8. The van der Waals surface area contributed by atoms with Crippen molar-refractivity contribution < 1.29 is 19.0 Å². The monoisotopic (exact) mass is 650 g/mol. The molecule has 46 heavy (non-hydrogen) atoms. The number of carbonyl (C=O) groups is 1. The molecule has 6 rings (SSSR count). The van der Waals surface area contributed by atoms with Crippen LogP contribution in [0.1, 0.15) is 42.1 Å². The molecule has 9 heteroatoms. The van der Waals surface area contributed by atoms with E-state index in [0.29, 0.717) is 50.3 Å². The molecule has 1 aromatic heterocycles. The van der Waals surface area contributed by atoms with Gasteiger partial charge in [0, 0.05) is 10.6 Å². The van der Waals surface area contributed by atoms with E-state index >= 15 is 0 Å². The fourth-order valence-corrected chi connectivity index (χ4v) is 6.41. The Morgan fingerprint density at radius 2 is 1.61 bits per heavy atom. The van der Waals surface area contributed by atoms with Gasteiger partial charge in [-0.25, -0.2) is 9.79 Å². The van der Waals surface area contributed by atoms with Crippen molar-refractivity contribution in [3.63, 3.8) is 0 Å². The Balaban J connectivity index is 1.46. The van der Waals surface area contributed by atoms with Gasteiger partial charge in [0.2, 0.25) is 0 Å². The molecule has 0 aliphatic carbocycles. The average molecular weight is 651 g/mol. The number of nitrogens with zero attached hydrogens (tertiary/aromatic N) is 2. The summed E-state index contributed by atoms with van der Waals surface area (Å²) in [6.07, 6.45) is 1.81. The lowest BCUT2D eigenvalue weighted by Crippen LogP contribution is -2.39. The van der Waals surface area contributed by atoms with Gasteiger partial charge in [0.05, 0.1) is 35.1 Å². The van der Waals surface area contributed by atoms with Crippen LogP contribution < -0.4 is 24.4 Å². The maximum Gasteiger partial charge on any atom is 0.338 e. The summed E-state index contributed by atoms with van der Waals surface area (Å²) in [6, 6.07) is 31.3. The lowest BCUT2D eigenvalue weighted by molar-refractivity contribution is -0.138. The summed E-state index contributed by atoms with van der Waals surface area (Å²) in [5, 5.41) is 0.664. The van der Waals surface area contributed by atoms with E-state index in [2.05, 4.69) is 0 Å². The van der Waals surface area contributed by atoms with Crippen molar-refractivity contribution in [2.45, 2.75) is 26.5 Å². The standard InChI is InChI=1S/C37H31ClN2O5S/c1-3-43-30-21-25(17-20-29(30)45-23-24-15-18-28(38)19-16-24)22-31-35(41)40-34(27-13-9-6-10-14-27)32(36(42)44-4-2)33(39-37(40)46-31)26-11-7-5-8-12-26/h5-22,34H,3-4,23H2,1-2H3/b31-22-/t34-/m0/s1. The van der Waals surface area contributed by atoms with Gasteiger partial charge < -0.3 is 14.2 Å². The van der Waals surface area contributed by atoms with Crippen molar-refractivity contribution in [1.29, 1.82) is 0 Å². The van der Waals surface area contributed by atoms with Crippen LogP contribution in [-0.2, 0) is 16.1 Å². The predicted octanol–water partition coefficient (Wildman–Crippen LogP) is 6.57. The van der Waals surface area contributed by atoms with Crippen LogP contribution in [0, 0.1) is 0 Å². The number of thiazole rings is 1. The van der Waals surface area contributed by atoms with E-state index < -0.39 is 12.0 Å². The van der Waals surface area contributed by atoms with Crippen molar-refractivity contribution in [3.05, 3.63) is 156 Å². The van der Waals surface area contributed by atoms with Gasteiger partial charge in [-0.1, -0.05) is 102 Å². The minimum Gasteiger partial charge on any atom is -0.490 e. The van der Waals surface area contributed by atoms with Gasteiger partial charge in [0.25, 0.3) is 5.56 Å². The van der Waals surface area contributed by atoms with Crippen molar-refractivity contribution in [1.82, 2.24) is 4.57 Å². The molecule has 2 heterocycles. The molecule has 0 radical (unpaired) electrons. The fourth-order valence-electron chi connectivity index (χ4n) is 5.29. The molecule has 1 aliphatic heterocycles. The van der Waals surface area contributed by atoms with Gasteiger partial charge in [0.1, 0.15) is 6.61 Å². The van der Waals surface area contributed by atoms with E-state index in [4.69, 9.17) is 30.8 Å². The highest BCUT2D eigenvalue weighted by Gasteiger charge is 2.35. The quantitative estimate of drug-likeness (QED) is 0.160. The number of fused-ring (bicyclic) bond motifs is 1. The van der Waals surface area contributed by atoms with Gasteiger partial charge in [-0.3, -0.25) is 9.36 Å². The Morgan fingerprint density at radius 3 is 2.30 bits per heavy atom. The molecule has 232 valence electrons. The molecule has 1 atom stereocenters. The normalized spacial score (nSPS) is 14.4. The minimum atomic E-state index is -0.725. The van der Waals surface area contributed by atoms with E-state index in [1.165, 1.54) is 11.3 Å². The number of aromatic nitrogens is 1. The van der Waals surface area contributed by atoms with E-state index in [0.717, 1.165) is 22.3 Å². The summed E-state index contributed by atoms with van der Waals surface area (Å²) in [4.78, 5) is 33.2. The van der Waals surface area contributed by atoms with Gasteiger partial charge >= 0.3 is 5.97 Å². The van der Waals surface area contributed by atoms with Gasteiger partial charge in [-0.05, 0) is 60.9 Å². The highest BCUT2D eigenvalue weighted by Crippen LogP contribution is 2.35. The number of hydrogen-bond acceptors (Lipinski definition) is 7. The van der Waals surface area contributed by atoms with E-state index in [1.54, 1.807) is 11.5 Å². The smallest absolute Gasteiger partial charge is 0.338 e. The summed E-state index contributed by atoms with van der Waals surface area (Å²) < 4.78 is 19.6. The highest BCUT2D eigenvalue weighted by atomic mass is 35.5. The Morgan fingerprint density at radius 1 is 0.891 bits per heavy atom. The third kappa shape index (κ3) is 6.54. The molecule has 0 amide bonds. The SMILES string of the molecule is CCOC(=O)C1=C(c2ccccc2)N=c2s/c(=C\c3ccc(OCc4ccc(Cl)cc4)c(OCC)c3)c(=O)n2[C@H]1c1ccccc1. The zero-order valence-electron chi connectivity index (χ0n) is 25.3. The summed E-state index contributed by atoms with van der Waals surface area (Å²) in [6.45, 7) is 4.65. The first-order valence-corrected chi connectivity index (χ1v) is 16.1. The topological polar surface area (TPSA) is 79.1 Å². The molecule has 0 spiro atoms. The molecule has 0 saturated carbocycles. The maximum atomic E-state index is 14.2. The number of halogens is 1. The lowest BCUT2D eigenvalue weighted by Gasteiger charge is -2.25. The molecular weight excluding hydrogens is 620 g/mol. The largest absolute Gasteiger partial charge is 0.490 e. The first-order valence-electron chi connectivity index (χ1n) is 14.9. The van der Waals surface area contributed by atoms with Crippen molar-refractivity contribution in [3.8, 4) is 11.5 Å². The third-order valence-corrected chi connectivity index (χ3v) is 8.60. The van der Waals surface area contributed by atoms with Crippen molar-refractivity contribution >= 4 is 40.7 Å². The van der Waals surface area contributed by atoms with Crippen LogP contribution in [0.5, 0.6) is 11.5 Å². The first kappa shape index (κ1) is 31.1. The van der Waals surface area contributed by atoms with Gasteiger partial charge in [0.15, 0.2) is 16.3 Å². The number of benzene rings is 4. The van der Waals surface area contributed by atoms with E-state index in [-0.39, 0.29) is 12.2 Å². The molecule has 0 fully saturated rings. The minimum absolute atomic E-state index is 0.192. The second-order valence-electron chi connectivity index (χ2n) is 10.4. The van der Waals surface area contributed by atoms with Gasteiger partial charge in [-0.2, -0.15) is 0 Å². The molecule has 0 N–H and O–H groups in total. The fraction of sp³-hybridized carbons (Fsp3) is 0.162. The van der Waals surface area contributed by atoms with Gasteiger partial charge in [-0.15, -0.1) is 0 Å². The van der Waals surface area contributed by atoms with Crippen LogP contribution in [0.2, 0.25) is 5.02 Å². The average Bonchev–Trinajstić information content (AvgIpc) is 3.39. The van der Waals surface area contributed by atoms with E-state index in [1.807, 2.05) is 116 Å². The van der Waals surface area contributed by atoms with Crippen molar-refractivity contribution in [2.75, 3.05) is 13.2 Å². The molecule has 0 unspecified atom stereocenters. The first-order chi connectivity index (χ1) is 22.5.